The summed E-state index contributed by atoms with van der Waals surface area (Å²) in [7, 11) is -3.72. The van der Waals surface area contributed by atoms with Crippen LogP contribution in [0.5, 0.6) is 0 Å². The average molecular weight is 499 g/mol. The lowest BCUT2D eigenvalue weighted by Crippen LogP contribution is -2.29. The molecule has 3 atom stereocenters. The average Bonchev–Trinajstić information content (AvgIpc) is 3.27. The van der Waals surface area contributed by atoms with Crippen molar-refractivity contribution in [3.8, 4) is 0 Å². The number of rotatable bonds is 4. The van der Waals surface area contributed by atoms with Gasteiger partial charge in [-0.05, 0) is 79.3 Å². The van der Waals surface area contributed by atoms with E-state index in [1.807, 2.05) is 50.2 Å². The number of allylic oxidation sites excluding steroid dienone is 2. The predicted molar refractivity (Wildman–Crippen MR) is 136 cm³/mol. The Labute approximate surface area is 204 Å². The third-order valence-electron chi connectivity index (χ3n) is 6.57. The molecular weight excluding hydrogens is 475 g/mol. The predicted octanol–water partition coefficient (Wildman–Crippen LogP) is 7.24. The van der Waals surface area contributed by atoms with Gasteiger partial charge in [-0.2, -0.15) is 0 Å². The lowest BCUT2D eigenvalue weighted by atomic mass is 9.77. The smallest absolute Gasteiger partial charge is 0.261 e. The zero-order chi connectivity index (χ0) is 23.3. The standard InChI is InChI=1S/C26H24Cl2N2O2S/c1-15-6-10-24(16(2)12-15)30-33(31,32)18-8-11-25-21(14-18)19-4-3-5-20(19)26(29-25)17-7-9-22(27)23(28)13-17/h3-4,6-14,19-20,26,29-30H,5H2,1-2H3/t19-,20+,26+/m0/s1. The second-order valence-corrected chi connectivity index (χ2v) is 11.3. The Bertz CT molecular complexity index is 1390. The third-order valence-corrected chi connectivity index (χ3v) is 8.68. The lowest BCUT2D eigenvalue weighted by Gasteiger charge is -2.37. The van der Waals surface area contributed by atoms with Gasteiger partial charge in [0.15, 0.2) is 0 Å². The van der Waals surface area contributed by atoms with E-state index in [4.69, 9.17) is 23.2 Å². The minimum absolute atomic E-state index is 0.0584. The van der Waals surface area contributed by atoms with Crippen LogP contribution < -0.4 is 10.0 Å². The van der Waals surface area contributed by atoms with Gasteiger partial charge in [0.25, 0.3) is 10.0 Å². The highest BCUT2D eigenvalue weighted by Gasteiger charge is 2.38. The van der Waals surface area contributed by atoms with Crippen molar-refractivity contribution in [2.45, 2.75) is 37.1 Å². The molecule has 2 N–H and O–H groups in total. The number of hydrogen-bond donors (Lipinski definition) is 2. The molecule has 0 saturated carbocycles. The van der Waals surface area contributed by atoms with Gasteiger partial charge in [-0.25, -0.2) is 8.42 Å². The first-order chi connectivity index (χ1) is 15.7. The van der Waals surface area contributed by atoms with Crippen LogP contribution in [-0.2, 0) is 10.0 Å². The van der Waals surface area contributed by atoms with E-state index >= 15 is 0 Å². The van der Waals surface area contributed by atoms with E-state index in [0.29, 0.717) is 15.7 Å². The quantitative estimate of drug-likeness (QED) is 0.372. The molecule has 0 unspecified atom stereocenters. The van der Waals surface area contributed by atoms with Crippen molar-refractivity contribution in [1.29, 1.82) is 0 Å². The fourth-order valence-corrected chi connectivity index (χ4v) is 6.38. The normalized spacial score (nSPS) is 21.3. The van der Waals surface area contributed by atoms with E-state index in [1.165, 1.54) is 0 Å². The van der Waals surface area contributed by atoms with Gasteiger partial charge in [0.05, 0.1) is 26.7 Å². The van der Waals surface area contributed by atoms with Crippen LogP contribution in [0, 0.1) is 19.8 Å². The Balaban J connectivity index is 1.49. The van der Waals surface area contributed by atoms with Gasteiger partial charge in [-0.1, -0.05) is 59.1 Å². The minimum Gasteiger partial charge on any atom is -0.378 e. The first kappa shape index (κ1) is 22.3. The Morgan fingerprint density at radius 2 is 1.79 bits per heavy atom. The SMILES string of the molecule is Cc1ccc(NS(=O)(=O)c2ccc3c(c2)[C@H]2C=CC[C@H]2[C@@H](c2ccc(Cl)c(Cl)c2)N3)c(C)c1. The Kier molecular flexibility index (Phi) is 5.68. The van der Waals surface area contributed by atoms with Crippen LogP contribution in [0.4, 0.5) is 11.4 Å². The van der Waals surface area contributed by atoms with Gasteiger partial charge >= 0.3 is 0 Å². The molecule has 1 aliphatic carbocycles. The second kappa shape index (κ2) is 8.39. The highest BCUT2D eigenvalue weighted by molar-refractivity contribution is 7.92. The maximum Gasteiger partial charge on any atom is 0.261 e. The van der Waals surface area contributed by atoms with Crippen LogP contribution in [0.2, 0.25) is 10.0 Å². The molecule has 0 saturated heterocycles. The minimum atomic E-state index is -3.72. The molecule has 0 amide bonds. The summed E-state index contributed by atoms with van der Waals surface area (Å²) in [6, 6.07) is 16.8. The van der Waals surface area contributed by atoms with Gasteiger partial charge < -0.3 is 5.32 Å². The van der Waals surface area contributed by atoms with Crippen LogP contribution in [0.25, 0.3) is 0 Å². The molecule has 0 fully saturated rings. The molecule has 7 heteroatoms. The van der Waals surface area contributed by atoms with Gasteiger partial charge in [0, 0.05) is 11.6 Å². The van der Waals surface area contributed by atoms with Crippen molar-refractivity contribution in [2.24, 2.45) is 5.92 Å². The molecule has 0 radical (unpaired) electrons. The molecule has 3 aromatic carbocycles. The topological polar surface area (TPSA) is 58.2 Å². The number of sulfonamides is 1. The number of nitrogens with one attached hydrogen (secondary N) is 2. The number of benzene rings is 3. The zero-order valence-electron chi connectivity index (χ0n) is 18.3. The lowest BCUT2D eigenvalue weighted by molar-refractivity contribution is 0.425. The van der Waals surface area contributed by atoms with E-state index < -0.39 is 10.0 Å². The van der Waals surface area contributed by atoms with Gasteiger partial charge in [-0.15, -0.1) is 0 Å². The first-order valence-corrected chi connectivity index (χ1v) is 13.1. The molecular formula is C26H24Cl2N2O2S. The van der Waals surface area contributed by atoms with Crippen molar-refractivity contribution < 1.29 is 8.42 Å². The van der Waals surface area contributed by atoms with Crippen molar-refractivity contribution in [3.05, 3.63) is 99.0 Å². The summed E-state index contributed by atoms with van der Waals surface area (Å²) < 4.78 is 29.1. The van der Waals surface area contributed by atoms with Crippen LogP contribution >= 0.6 is 23.2 Å². The Morgan fingerprint density at radius 1 is 0.970 bits per heavy atom. The van der Waals surface area contributed by atoms with Crippen molar-refractivity contribution in [1.82, 2.24) is 0 Å². The molecule has 33 heavy (non-hydrogen) atoms. The van der Waals surface area contributed by atoms with Gasteiger partial charge in [0.2, 0.25) is 0 Å². The van der Waals surface area contributed by atoms with Crippen LogP contribution in [0.15, 0.2) is 71.6 Å². The fourth-order valence-electron chi connectivity index (χ4n) is 4.91. The van der Waals surface area contributed by atoms with E-state index in [9.17, 15) is 8.42 Å². The summed E-state index contributed by atoms with van der Waals surface area (Å²) >= 11 is 12.4. The van der Waals surface area contributed by atoms with Crippen molar-refractivity contribution >= 4 is 44.6 Å². The van der Waals surface area contributed by atoms with Crippen molar-refractivity contribution in [2.75, 3.05) is 10.0 Å². The summed E-state index contributed by atoms with van der Waals surface area (Å²) in [6.07, 6.45) is 5.26. The zero-order valence-corrected chi connectivity index (χ0v) is 20.6. The molecule has 1 heterocycles. The molecule has 5 rings (SSSR count). The van der Waals surface area contributed by atoms with Gasteiger partial charge in [0.1, 0.15) is 0 Å². The molecule has 3 aromatic rings. The molecule has 4 nitrogen and oxygen atoms in total. The van der Waals surface area contributed by atoms with Crippen LogP contribution in [0.1, 0.15) is 40.6 Å². The summed E-state index contributed by atoms with van der Waals surface area (Å²) in [4.78, 5) is 0.259. The molecule has 1 aliphatic heterocycles. The number of halogens is 2. The maximum absolute atomic E-state index is 13.2. The third kappa shape index (κ3) is 4.14. The van der Waals surface area contributed by atoms with E-state index in [0.717, 1.165) is 34.4 Å². The molecule has 2 aliphatic rings. The summed E-state index contributed by atoms with van der Waals surface area (Å²) in [6.45, 7) is 3.89. The molecule has 0 aromatic heterocycles. The Hall–Kier alpha value is -2.47. The van der Waals surface area contributed by atoms with Crippen LogP contribution in [0.3, 0.4) is 0 Å². The molecule has 170 valence electrons. The number of anilines is 2. The Morgan fingerprint density at radius 3 is 2.55 bits per heavy atom. The van der Waals surface area contributed by atoms with E-state index in [2.05, 4.69) is 22.2 Å². The monoisotopic (exact) mass is 498 g/mol. The van der Waals surface area contributed by atoms with Gasteiger partial charge in [-0.3, -0.25) is 4.72 Å². The van der Waals surface area contributed by atoms with E-state index in [1.54, 1.807) is 18.2 Å². The first-order valence-electron chi connectivity index (χ1n) is 10.8. The van der Waals surface area contributed by atoms with E-state index in [-0.39, 0.29) is 22.8 Å². The van der Waals surface area contributed by atoms with Crippen molar-refractivity contribution in [3.63, 3.8) is 0 Å². The fraction of sp³-hybridized carbons (Fsp3) is 0.231. The number of fused-ring (bicyclic) bond motifs is 3. The second-order valence-electron chi connectivity index (χ2n) is 8.82. The molecule has 0 bridgehead atoms. The highest BCUT2D eigenvalue weighted by Crippen LogP contribution is 2.50. The number of hydrogen-bond acceptors (Lipinski definition) is 3. The highest BCUT2D eigenvalue weighted by atomic mass is 35.5. The summed E-state index contributed by atoms with van der Waals surface area (Å²) in [5.74, 6) is 0.386. The number of aryl methyl sites for hydroxylation is 2. The summed E-state index contributed by atoms with van der Waals surface area (Å²) in [5, 5.41) is 4.68. The maximum atomic E-state index is 13.2. The molecule has 0 spiro atoms. The van der Waals surface area contributed by atoms with Crippen LogP contribution in [-0.4, -0.2) is 8.42 Å². The largest absolute Gasteiger partial charge is 0.378 e. The summed E-state index contributed by atoms with van der Waals surface area (Å²) in [5.41, 5.74) is 5.57.